The van der Waals surface area contributed by atoms with E-state index in [9.17, 15) is 4.79 Å². The van der Waals surface area contributed by atoms with Crippen molar-refractivity contribution in [3.63, 3.8) is 0 Å². The average Bonchev–Trinajstić information content (AvgIpc) is 3.19. The van der Waals surface area contributed by atoms with Crippen molar-refractivity contribution in [1.82, 2.24) is 19.9 Å². The number of hydrogen-bond acceptors (Lipinski definition) is 3. The fourth-order valence-electron chi connectivity index (χ4n) is 2.11. The van der Waals surface area contributed by atoms with Crippen LogP contribution in [0.3, 0.4) is 0 Å². The molecule has 1 saturated carbocycles. The Morgan fingerprint density at radius 2 is 2.11 bits per heavy atom. The minimum atomic E-state index is -0.0597. The number of pyridine rings is 1. The first kappa shape index (κ1) is 11.9. The predicted octanol–water partition coefficient (Wildman–Crippen LogP) is 1.59. The quantitative estimate of drug-likeness (QED) is 0.883. The van der Waals surface area contributed by atoms with Gasteiger partial charge >= 0.3 is 0 Å². The first-order valence-electron chi connectivity index (χ1n) is 6.54. The molecule has 19 heavy (non-hydrogen) atoms. The van der Waals surface area contributed by atoms with Gasteiger partial charge in [0.15, 0.2) is 0 Å². The highest BCUT2D eigenvalue weighted by Gasteiger charge is 2.27. The molecule has 0 aromatic carbocycles. The zero-order chi connectivity index (χ0) is 13.1. The maximum atomic E-state index is 11.8. The van der Waals surface area contributed by atoms with E-state index in [2.05, 4.69) is 19.9 Å². The number of carbonyl (C=O) groups excluding carboxylic acids is 1. The van der Waals surface area contributed by atoms with Crippen molar-refractivity contribution in [2.75, 3.05) is 6.54 Å². The summed E-state index contributed by atoms with van der Waals surface area (Å²) in [5.74, 6) is 1.72. The molecule has 5 heteroatoms. The molecule has 3 rings (SSSR count). The zero-order valence-electron chi connectivity index (χ0n) is 10.6. The molecule has 0 unspecified atom stereocenters. The third kappa shape index (κ3) is 2.81. The van der Waals surface area contributed by atoms with Gasteiger partial charge in [0.1, 0.15) is 5.82 Å². The molecule has 1 aliphatic carbocycles. The van der Waals surface area contributed by atoms with E-state index >= 15 is 0 Å². The summed E-state index contributed by atoms with van der Waals surface area (Å²) >= 11 is 0. The Bertz CT molecular complexity index is 560. The molecule has 1 aliphatic rings. The summed E-state index contributed by atoms with van der Waals surface area (Å²) in [6.45, 7) is 1.37. The highest BCUT2D eigenvalue weighted by atomic mass is 16.1. The molecule has 98 valence electrons. The molecule has 0 saturated heterocycles. The SMILES string of the molecule is O=C(NCCn1ccnc1C1CC1)c1ccncc1. The Morgan fingerprint density at radius 3 is 2.84 bits per heavy atom. The van der Waals surface area contributed by atoms with Crippen molar-refractivity contribution in [1.29, 1.82) is 0 Å². The van der Waals surface area contributed by atoms with Crippen LogP contribution < -0.4 is 5.32 Å². The summed E-state index contributed by atoms with van der Waals surface area (Å²) in [7, 11) is 0. The number of imidazole rings is 1. The maximum Gasteiger partial charge on any atom is 0.251 e. The standard InChI is InChI=1S/C14H16N4O/c19-14(12-3-5-15-6-4-12)17-8-10-18-9-7-16-13(18)11-1-2-11/h3-7,9,11H,1-2,8,10H2,(H,17,19). The second kappa shape index (κ2) is 5.22. The van der Waals surface area contributed by atoms with Gasteiger partial charge in [-0.05, 0) is 25.0 Å². The van der Waals surface area contributed by atoms with Gasteiger partial charge in [0.2, 0.25) is 0 Å². The van der Waals surface area contributed by atoms with Gasteiger partial charge in [-0.1, -0.05) is 0 Å². The first-order valence-corrected chi connectivity index (χ1v) is 6.54. The van der Waals surface area contributed by atoms with Gasteiger partial charge in [0.25, 0.3) is 5.91 Å². The molecular weight excluding hydrogens is 240 g/mol. The highest BCUT2D eigenvalue weighted by molar-refractivity contribution is 5.93. The van der Waals surface area contributed by atoms with Crippen molar-refractivity contribution < 1.29 is 4.79 Å². The summed E-state index contributed by atoms with van der Waals surface area (Å²) in [6.07, 6.45) is 9.53. The van der Waals surface area contributed by atoms with E-state index < -0.39 is 0 Å². The number of carbonyl (C=O) groups is 1. The molecule has 0 aliphatic heterocycles. The molecule has 1 N–H and O–H groups in total. The topological polar surface area (TPSA) is 59.8 Å². The second-order valence-corrected chi connectivity index (χ2v) is 4.74. The van der Waals surface area contributed by atoms with Crippen molar-refractivity contribution in [3.05, 3.63) is 48.3 Å². The lowest BCUT2D eigenvalue weighted by Crippen LogP contribution is -2.27. The van der Waals surface area contributed by atoms with Gasteiger partial charge in [-0.25, -0.2) is 4.98 Å². The second-order valence-electron chi connectivity index (χ2n) is 4.74. The van der Waals surface area contributed by atoms with E-state index in [1.165, 1.54) is 12.8 Å². The van der Waals surface area contributed by atoms with Crippen molar-refractivity contribution >= 4 is 5.91 Å². The summed E-state index contributed by atoms with van der Waals surface area (Å²) < 4.78 is 2.13. The van der Waals surface area contributed by atoms with Crippen molar-refractivity contribution in [2.45, 2.75) is 25.3 Å². The Balaban J connectivity index is 1.53. The fraction of sp³-hybridized carbons (Fsp3) is 0.357. The third-order valence-corrected chi connectivity index (χ3v) is 3.27. The normalized spacial score (nSPS) is 14.3. The predicted molar refractivity (Wildman–Crippen MR) is 70.8 cm³/mol. The Morgan fingerprint density at radius 1 is 1.32 bits per heavy atom. The van der Waals surface area contributed by atoms with Gasteiger partial charge in [0, 0.05) is 49.4 Å². The van der Waals surface area contributed by atoms with Crippen LogP contribution >= 0.6 is 0 Å². The van der Waals surface area contributed by atoms with E-state index in [4.69, 9.17) is 0 Å². The monoisotopic (exact) mass is 256 g/mol. The first-order chi connectivity index (χ1) is 9.34. The van der Waals surface area contributed by atoms with Crippen LogP contribution in [0, 0.1) is 0 Å². The minimum absolute atomic E-state index is 0.0597. The van der Waals surface area contributed by atoms with Crippen LogP contribution in [-0.4, -0.2) is 27.0 Å². The molecular formula is C14H16N4O. The third-order valence-electron chi connectivity index (χ3n) is 3.27. The van der Waals surface area contributed by atoms with Crippen molar-refractivity contribution in [3.8, 4) is 0 Å². The number of nitrogens with one attached hydrogen (secondary N) is 1. The molecule has 0 radical (unpaired) electrons. The highest BCUT2D eigenvalue weighted by Crippen LogP contribution is 2.38. The van der Waals surface area contributed by atoms with Crippen molar-refractivity contribution in [2.24, 2.45) is 0 Å². The molecule has 0 bridgehead atoms. The molecule has 5 nitrogen and oxygen atoms in total. The van der Waals surface area contributed by atoms with E-state index in [0.29, 0.717) is 18.0 Å². The Kier molecular flexibility index (Phi) is 3.27. The van der Waals surface area contributed by atoms with Crippen LogP contribution in [0.2, 0.25) is 0 Å². The molecule has 0 spiro atoms. The number of hydrogen-bond donors (Lipinski definition) is 1. The molecule has 2 heterocycles. The molecule has 1 amide bonds. The van der Waals surface area contributed by atoms with Gasteiger partial charge < -0.3 is 9.88 Å². The van der Waals surface area contributed by atoms with E-state index in [-0.39, 0.29) is 5.91 Å². The zero-order valence-corrected chi connectivity index (χ0v) is 10.6. The number of amides is 1. The molecule has 0 atom stereocenters. The van der Waals surface area contributed by atoms with Gasteiger partial charge in [-0.15, -0.1) is 0 Å². The molecule has 1 fully saturated rings. The van der Waals surface area contributed by atoms with E-state index in [1.54, 1.807) is 24.5 Å². The van der Waals surface area contributed by atoms with Crippen LogP contribution in [0.25, 0.3) is 0 Å². The smallest absolute Gasteiger partial charge is 0.251 e. The fourth-order valence-corrected chi connectivity index (χ4v) is 2.11. The lowest BCUT2D eigenvalue weighted by Gasteiger charge is -2.08. The van der Waals surface area contributed by atoms with Crippen LogP contribution in [-0.2, 0) is 6.54 Å². The van der Waals surface area contributed by atoms with Crippen LogP contribution in [0.5, 0.6) is 0 Å². The number of aromatic nitrogens is 3. The van der Waals surface area contributed by atoms with Crippen LogP contribution in [0.4, 0.5) is 0 Å². The van der Waals surface area contributed by atoms with E-state index in [1.807, 2.05) is 12.4 Å². The average molecular weight is 256 g/mol. The Hall–Kier alpha value is -2.17. The van der Waals surface area contributed by atoms with Gasteiger partial charge in [-0.2, -0.15) is 0 Å². The van der Waals surface area contributed by atoms with E-state index in [0.717, 1.165) is 12.4 Å². The lowest BCUT2D eigenvalue weighted by molar-refractivity contribution is 0.0952. The maximum absolute atomic E-state index is 11.8. The minimum Gasteiger partial charge on any atom is -0.350 e. The molecule has 2 aromatic rings. The summed E-state index contributed by atoms with van der Waals surface area (Å²) in [4.78, 5) is 20.1. The summed E-state index contributed by atoms with van der Waals surface area (Å²) in [5, 5.41) is 2.91. The Labute approximate surface area is 111 Å². The number of rotatable bonds is 5. The lowest BCUT2D eigenvalue weighted by atomic mass is 10.2. The van der Waals surface area contributed by atoms with Gasteiger partial charge in [0.05, 0.1) is 0 Å². The summed E-state index contributed by atoms with van der Waals surface area (Å²) in [5.41, 5.74) is 0.642. The van der Waals surface area contributed by atoms with Gasteiger partial charge in [-0.3, -0.25) is 9.78 Å². The largest absolute Gasteiger partial charge is 0.350 e. The summed E-state index contributed by atoms with van der Waals surface area (Å²) in [6, 6.07) is 3.42. The van der Waals surface area contributed by atoms with Crippen LogP contribution in [0.15, 0.2) is 36.9 Å². The van der Waals surface area contributed by atoms with Crippen LogP contribution in [0.1, 0.15) is 34.9 Å². The number of nitrogens with zero attached hydrogens (tertiary/aromatic N) is 3. The molecule has 2 aromatic heterocycles.